The number of H-pyrrole nitrogens is 1. The second-order valence-corrected chi connectivity index (χ2v) is 13.8. The summed E-state index contributed by atoms with van der Waals surface area (Å²) in [6.07, 6.45) is 0.968. The standard InChI is InChI=1S/C35H28N8O7S3/c1-3-16-9-20(26(46)13-24(16)44)31-37-38-33(51)40(31)19-5-7-23-29(12-19)53-35(49)42(23)43-34(52)41(18-6-8-28-22(11-18)36-30(48)15-50-28)32(39-43)21-10-17(4-2)25(45)14-27(21)47/h5-14,44-47H,3-4,15H2,1-2H3,(H,36,48)(H,38,51). The summed E-state index contributed by atoms with van der Waals surface area (Å²) in [6, 6.07) is 16.0. The first-order valence-electron chi connectivity index (χ1n) is 16.2. The maximum absolute atomic E-state index is 13.8. The quantitative estimate of drug-likeness (QED) is 0.105. The molecule has 1 amide bonds. The van der Waals surface area contributed by atoms with Crippen LogP contribution in [-0.2, 0) is 17.6 Å². The summed E-state index contributed by atoms with van der Waals surface area (Å²) in [5.41, 5.74) is 3.58. The summed E-state index contributed by atoms with van der Waals surface area (Å²) >= 11 is 12.5. The number of hydrogen-bond acceptors (Lipinski definition) is 12. The number of anilines is 1. The first-order chi connectivity index (χ1) is 25.5. The first-order valence-corrected chi connectivity index (χ1v) is 17.8. The van der Waals surface area contributed by atoms with Crippen molar-refractivity contribution >= 4 is 57.6 Å². The molecule has 0 fully saturated rings. The van der Waals surface area contributed by atoms with Gasteiger partial charge in [0.15, 0.2) is 23.0 Å². The molecule has 4 aromatic carbocycles. The molecule has 1 aliphatic heterocycles. The van der Waals surface area contributed by atoms with Crippen LogP contribution in [0, 0.1) is 9.54 Å². The topological polar surface area (TPSA) is 198 Å². The molecular weight excluding hydrogens is 741 g/mol. The summed E-state index contributed by atoms with van der Waals surface area (Å²) in [7, 11) is 0. The zero-order valence-corrected chi connectivity index (χ0v) is 30.3. The van der Waals surface area contributed by atoms with Gasteiger partial charge >= 0.3 is 4.87 Å². The predicted octanol–water partition coefficient (Wildman–Crippen LogP) is 5.95. The molecule has 3 aromatic heterocycles. The van der Waals surface area contributed by atoms with Gasteiger partial charge in [-0.05, 0) is 96.9 Å². The van der Waals surface area contributed by atoms with Crippen LogP contribution in [-0.4, -0.2) is 66.8 Å². The number of aromatic amines is 1. The number of nitrogens with one attached hydrogen (secondary N) is 2. The summed E-state index contributed by atoms with van der Waals surface area (Å²) in [5.74, 6) is -0.00498. The van der Waals surface area contributed by atoms with E-state index in [0.717, 1.165) is 11.3 Å². The number of nitrogens with zero attached hydrogens (tertiary/aromatic N) is 6. The van der Waals surface area contributed by atoms with Crippen molar-refractivity contribution in [3.05, 3.63) is 91.0 Å². The lowest BCUT2D eigenvalue weighted by atomic mass is 10.1. The van der Waals surface area contributed by atoms with E-state index in [0.29, 0.717) is 68.4 Å². The zero-order chi connectivity index (χ0) is 37.3. The number of fused-ring (bicyclic) bond motifs is 2. The van der Waals surface area contributed by atoms with E-state index in [1.807, 2.05) is 13.8 Å². The van der Waals surface area contributed by atoms with E-state index in [2.05, 4.69) is 15.5 Å². The van der Waals surface area contributed by atoms with Crippen LogP contribution in [0.4, 0.5) is 5.69 Å². The number of rotatable bonds is 7. The van der Waals surface area contributed by atoms with Crippen LogP contribution >= 0.6 is 35.8 Å². The van der Waals surface area contributed by atoms with Gasteiger partial charge in [0.2, 0.25) is 4.77 Å². The average Bonchev–Trinajstić information content (AvgIpc) is 3.78. The van der Waals surface area contributed by atoms with E-state index in [4.69, 9.17) is 34.3 Å². The molecule has 0 saturated heterocycles. The van der Waals surface area contributed by atoms with E-state index >= 15 is 0 Å². The van der Waals surface area contributed by atoms with E-state index < -0.39 is 4.87 Å². The molecule has 0 bridgehead atoms. The molecule has 0 atom stereocenters. The molecule has 1 aliphatic rings. The molecule has 53 heavy (non-hydrogen) atoms. The van der Waals surface area contributed by atoms with Crippen molar-refractivity contribution in [2.75, 3.05) is 11.9 Å². The van der Waals surface area contributed by atoms with Gasteiger partial charge in [0.05, 0.1) is 38.4 Å². The number of ether oxygens (including phenoxy) is 1. The van der Waals surface area contributed by atoms with Gasteiger partial charge in [-0.3, -0.25) is 23.8 Å². The molecule has 0 spiro atoms. The number of amides is 1. The van der Waals surface area contributed by atoms with Crippen LogP contribution in [0.25, 0.3) is 44.4 Å². The molecule has 18 heteroatoms. The van der Waals surface area contributed by atoms with Gasteiger partial charge < -0.3 is 30.5 Å². The number of phenolic OH excluding ortho intramolecular Hbond substituents is 4. The lowest BCUT2D eigenvalue weighted by molar-refractivity contribution is -0.118. The molecule has 15 nitrogen and oxygen atoms in total. The third-order valence-electron chi connectivity index (χ3n) is 8.92. The van der Waals surface area contributed by atoms with Gasteiger partial charge in [-0.2, -0.15) is 9.77 Å². The Hall–Kier alpha value is -6.24. The molecular formula is C35H28N8O7S3. The van der Waals surface area contributed by atoms with Gasteiger partial charge in [0.25, 0.3) is 5.91 Å². The summed E-state index contributed by atoms with van der Waals surface area (Å²) in [6.45, 7) is 3.61. The summed E-state index contributed by atoms with van der Waals surface area (Å²) in [5, 5.41) is 57.2. The van der Waals surface area contributed by atoms with Crippen LogP contribution in [0.2, 0.25) is 0 Å². The lowest BCUT2D eigenvalue weighted by Crippen LogP contribution is -2.25. The van der Waals surface area contributed by atoms with Crippen molar-refractivity contribution in [3.8, 4) is 62.9 Å². The number of hydrogen-bond donors (Lipinski definition) is 6. The van der Waals surface area contributed by atoms with Gasteiger partial charge in [-0.15, -0.1) is 9.89 Å². The molecule has 268 valence electrons. The third-order valence-corrected chi connectivity index (χ3v) is 10.4. The minimum absolute atomic E-state index is 0.0370. The molecule has 0 radical (unpaired) electrons. The Morgan fingerprint density at radius 1 is 0.811 bits per heavy atom. The minimum atomic E-state index is -0.431. The number of thiazole rings is 1. The number of phenols is 4. The number of benzene rings is 4. The molecule has 0 aliphatic carbocycles. The van der Waals surface area contributed by atoms with Gasteiger partial charge in [-0.25, -0.2) is 0 Å². The second kappa shape index (κ2) is 12.8. The number of aromatic nitrogens is 7. The fourth-order valence-corrected chi connectivity index (χ4v) is 7.75. The third kappa shape index (κ3) is 5.54. The Morgan fingerprint density at radius 3 is 2.13 bits per heavy atom. The van der Waals surface area contributed by atoms with Gasteiger partial charge in [0.1, 0.15) is 28.7 Å². The Balaban J connectivity index is 1.31. The normalized spacial score (nSPS) is 12.5. The molecule has 4 heterocycles. The largest absolute Gasteiger partial charge is 0.508 e. The van der Waals surface area contributed by atoms with Crippen LogP contribution in [0.3, 0.4) is 0 Å². The Morgan fingerprint density at radius 2 is 1.45 bits per heavy atom. The van der Waals surface area contributed by atoms with E-state index in [1.54, 1.807) is 57.7 Å². The van der Waals surface area contributed by atoms with Crippen LogP contribution in [0.5, 0.6) is 28.7 Å². The van der Waals surface area contributed by atoms with E-state index in [1.165, 1.54) is 21.6 Å². The van der Waals surface area contributed by atoms with E-state index in [9.17, 15) is 30.0 Å². The van der Waals surface area contributed by atoms with Crippen LogP contribution in [0.1, 0.15) is 25.0 Å². The second-order valence-electron chi connectivity index (χ2n) is 12.1. The van der Waals surface area contributed by atoms with Gasteiger partial charge in [0, 0.05) is 12.1 Å². The molecule has 7 aromatic rings. The van der Waals surface area contributed by atoms with Crippen molar-refractivity contribution in [1.29, 1.82) is 0 Å². The zero-order valence-electron chi connectivity index (χ0n) is 27.8. The molecule has 0 saturated carbocycles. The highest BCUT2D eigenvalue weighted by atomic mass is 32.1. The maximum atomic E-state index is 13.8. The maximum Gasteiger partial charge on any atom is 0.328 e. The monoisotopic (exact) mass is 768 g/mol. The number of aromatic hydroxyl groups is 4. The molecule has 0 unspecified atom stereocenters. The van der Waals surface area contributed by atoms with Crippen LogP contribution < -0.4 is 14.9 Å². The number of carbonyl (C=O) groups is 1. The fraction of sp³-hybridized carbons (Fsp3) is 0.143. The van der Waals surface area contributed by atoms with Crippen LogP contribution in [0.15, 0.2) is 65.5 Å². The number of carbonyl (C=O) groups excluding carboxylic acids is 1. The van der Waals surface area contributed by atoms with Crippen molar-refractivity contribution in [3.63, 3.8) is 0 Å². The first kappa shape index (κ1) is 33.9. The predicted molar refractivity (Wildman–Crippen MR) is 202 cm³/mol. The lowest BCUT2D eigenvalue weighted by Gasteiger charge is -2.19. The average molecular weight is 769 g/mol. The Bertz CT molecular complexity index is 2850. The molecule has 8 rings (SSSR count). The number of aryl methyl sites for hydroxylation is 2. The highest BCUT2D eigenvalue weighted by molar-refractivity contribution is 7.71. The summed E-state index contributed by atoms with van der Waals surface area (Å²) in [4.78, 5) is 26.8. The fourth-order valence-electron chi connectivity index (χ4n) is 6.30. The smallest absolute Gasteiger partial charge is 0.328 e. The highest BCUT2D eigenvalue weighted by Crippen LogP contribution is 2.39. The Kier molecular flexibility index (Phi) is 8.16. The van der Waals surface area contributed by atoms with E-state index in [-0.39, 0.29) is 56.4 Å². The van der Waals surface area contributed by atoms with Crippen molar-refractivity contribution in [2.24, 2.45) is 0 Å². The van der Waals surface area contributed by atoms with Crippen molar-refractivity contribution < 1.29 is 30.0 Å². The minimum Gasteiger partial charge on any atom is -0.508 e. The molecule has 6 N–H and O–H groups in total. The van der Waals surface area contributed by atoms with Crippen molar-refractivity contribution in [2.45, 2.75) is 26.7 Å². The highest BCUT2D eigenvalue weighted by Gasteiger charge is 2.25. The summed E-state index contributed by atoms with van der Waals surface area (Å²) < 4.78 is 10.8. The van der Waals surface area contributed by atoms with Gasteiger partial charge in [-0.1, -0.05) is 25.2 Å². The SMILES string of the molecule is CCc1cc(-c2n[nH]c(=S)n2-c2ccc3c(c2)sc(=O)n3-n2nc(-c3cc(CC)c(O)cc3O)n(-c3ccc4c(c3)NC(=O)CO4)c2=S)c(O)cc1O. The Labute approximate surface area is 312 Å². The van der Waals surface area contributed by atoms with Crippen molar-refractivity contribution in [1.82, 2.24) is 33.9 Å².